The normalized spacial score (nSPS) is 10.1. The van der Waals surface area contributed by atoms with E-state index in [1.807, 2.05) is 0 Å². The molecule has 2 aromatic rings. The van der Waals surface area contributed by atoms with E-state index in [1.165, 1.54) is 6.07 Å². The molecule has 18 heavy (non-hydrogen) atoms. The molecule has 0 atom stereocenters. The molecule has 5 heteroatoms. The van der Waals surface area contributed by atoms with E-state index in [-0.39, 0.29) is 11.3 Å². The minimum absolute atomic E-state index is 0.0816. The summed E-state index contributed by atoms with van der Waals surface area (Å²) in [7, 11) is 0. The van der Waals surface area contributed by atoms with Gasteiger partial charge in [0.1, 0.15) is 17.1 Å². The molecule has 0 radical (unpaired) electrons. The van der Waals surface area contributed by atoms with Gasteiger partial charge in [-0.1, -0.05) is 39.7 Å². The Kier molecular flexibility index (Phi) is 3.89. The summed E-state index contributed by atoms with van der Waals surface area (Å²) >= 11 is 9.23. The first-order valence-electron chi connectivity index (χ1n) is 5.03. The predicted octanol–water partition coefficient (Wildman–Crippen LogP) is 4.59. The molecule has 0 saturated carbocycles. The summed E-state index contributed by atoms with van der Waals surface area (Å²) in [6.45, 7) is 0. The molecule has 0 amide bonds. The number of hydrogen-bond donors (Lipinski definition) is 1. The lowest BCUT2D eigenvalue weighted by Crippen LogP contribution is -2.00. The highest BCUT2D eigenvalue weighted by Gasteiger charge is 2.13. The lowest BCUT2D eigenvalue weighted by Gasteiger charge is -2.10. The molecule has 3 nitrogen and oxygen atoms in total. The summed E-state index contributed by atoms with van der Waals surface area (Å²) in [6, 6.07) is 11.6. The van der Waals surface area contributed by atoms with Gasteiger partial charge >= 0.3 is 5.97 Å². The maximum atomic E-state index is 11.1. The molecule has 0 unspecified atom stereocenters. The average Bonchev–Trinajstić information content (AvgIpc) is 2.32. The third-order valence-corrected chi connectivity index (χ3v) is 3.04. The van der Waals surface area contributed by atoms with Gasteiger partial charge in [-0.05, 0) is 30.3 Å². The van der Waals surface area contributed by atoms with Gasteiger partial charge in [0.05, 0.1) is 5.02 Å². The maximum absolute atomic E-state index is 11.1. The van der Waals surface area contributed by atoms with Crippen molar-refractivity contribution in [2.75, 3.05) is 0 Å². The molecule has 0 aliphatic heterocycles. The van der Waals surface area contributed by atoms with Gasteiger partial charge in [-0.2, -0.15) is 0 Å². The zero-order chi connectivity index (χ0) is 13.1. The fourth-order valence-electron chi connectivity index (χ4n) is 1.40. The largest absolute Gasteiger partial charge is 0.478 e. The Bertz CT molecular complexity index is 599. The maximum Gasteiger partial charge on any atom is 0.339 e. The van der Waals surface area contributed by atoms with E-state index in [0.717, 1.165) is 4.47 Å². The number of benzene rings is 2. The lowest BCUT2D eigenvalue weighted by atomic mass is 10.2. The van der Waals surface area contributed by atoms with Crippen LogP contribution in [0.3, 0.4) is 0 Å². The second-order valence-corrected chi connectivity index (χ2v) is 4.80. The summed E-state index contributed by atoms with van der Waals surface area (Å²) in [6.07, 6.45) is 0. The van der Waals surface area contributed by atoms with E-state index >= 15 is 0 Å². The van der Waals surface area contributed by atoms with Crippen molar-refractivity contribution in [3.05, 3.63) is 57.5 Å². The van der Waals surface area contributed by atoms with Crippen LogP contribution in [-0.4, -0.2) is 11.1 Å². The van der Waals surface area contributed by atoms with Gasteiger partial charge in [0.25, 0.3) is 0 Å². The van der Waals surface area contributed by atoms with Crippen molar-refractivity contribution >= 4 is 33.5 Å². The first kappa shape index (κ1) is 12.9. The highest BCUT2D eigenvalue weighted by Crippen LogP contribution is 2.32. The molecule has 0 spiro atoms. The first-order valence-corrected chi connectivity index (χ1v) is 6.20. The monoisotopic (exact) mass is 326 g/mol. The minimum atomic E-state index is -1.05. The summed E-state index contributed by atoms with van der Waals surface area (Å²) in [5.41, 5.74) is 0.0816. The Balaban J connectivity index is 2.42. The van der Waals surface area contributed by atoms with Crippen molar-refractivity contribution in [3.8, 4) is 11.5 Å². The number of carboxylic acid groups (broad SMARTS) is 1. The van der Waals surface area contributed by atoms with Gasteiger partial charge in [0.2, 0.25) is 0 Å². The van der Waals surface area contributed by atoms with Gasteiger partial charge in [-0.25, -0.2) is 4.79 Å². The number of carbonyl (C=O) groups is 1. The second kappa shape index (κ2) is 5.42. The van der Waals surface area contributed by atoms with Crippen molar-refractivity contribution in [3.63, 3.8) is 0 Å². The lowest BCUT2D eigenvalue weighted by molar-refractivity contribution is 0.0694. The summed E-state index contributed by atoms with van der Waals surface area (Å²) in [5.74, 6) is -0.394. The van der Waals surface area contributed by atoms with E-state index in [2.05, 4.69) is 15.9 Å². The molecule has 0 aromatic heterocycles. The molecule has 0 heterocycles. The molecule has 0 fully saturated rings. The number of aromatic carboxylic acids is 1. The van der Waals surface area contributed by atoms with E-state index in [1.54, 1.807) is 36.4 Å². The fourth-order valence-corrected chi connectivity index (χ4v) is 1.92. The van der Waals surface area contributed by atoms with Gasteiger partial charge in [-0.15, -0.1) is 0 Å². The topological polar surface area (TPSA) is 46.5 Å². The molecule has 0 aliphatic carbocycles. The molecule has 1 N–H and O–H groups in total. The number of carboxylic acids is 1. The molecule has 92 valence electrons. The summed E-state index contributed by atoms with van der Waals surface area (Å²) in [5, 5.41) is 9.50. The van der Waals surface area contributed by atoms with Crippen LogP contribution in [0.4, 0.5) is 0 Å². The van der Waals surface area contributed by atoms with E-state index in [4.69, 9.17) is 21.4 Å². The summed E-state index contributed by atoms with van der Waals surface area (Å²) < 4.78 is 6.27. The Morgan fingerprint density at radius 2 is 1.89 bits per heavy atom. The van der Waals surface area contributed by atoms with Crippen molar-refractivity contribution in [2.45, 2.75) is 0 Å². The SMILES string of the molecule is O=C(O)c1ccc(Br)cc1Oc1ccccc1Cl. The van der Waals surface area contributed by atoms with Crippen molar-refractivity contribution in [2.24, 2.45) is 0 Å². The van der Waals surface area contributed by atoms with Crippen molar-refractivity contribution in [1.82, 2.24) is 0 Å². The Morgan fingerprint density at radius 1 is 1.17 bits per heavy atom. The molecule has 0 bridgehead atoms. The molecular weight excluding hydrogens is 319 g/mol. The van der Waals surface area contributed by atoms with Gasteiger partial charge < -0.3 is 9.84 Å². The number of rotatable bonds is 3. The highest BCUT2D eigenvalue weighted by atomic mass is 79.9. The smallest absolute Gasteiger partial charge is 0.339 e. The van der Waals surface area contributed by atoms with Crippen LogP contribution in [0, 0.1) is 0 Å². The van der Waals surface area contributed by atoms with Crippen LogP contribution in [0.15, 0.2) is 46.9 Å². The summed E-state index contributed by atoms with van der Waals surface area (Å²) in [4.78, 5) is 11.1. The number of hydrogen-bond acceptors (Lipinski definition) is 2. The van der Waals surface area contributed by atoms with Crippen molar-refractivity contribution < 1.29 is 14.6 Å². The predicted molar refractivity (Wildman–Crippen MR) is 72.6 cm³/mol. The van der Waals surface area contributed by atoms with Crippen LogP contribution in [-0.2, 0) is 0 Å². The van der Waals surface area contributed by atoms with Gasteiger partial charge in [0, 0.05) is 4.47 Å². The molecule has 2 aromatic carbocycles. The Morgan fingerprint density at radius 3 is 2.56 bits per heavy atom. The van der Waals surface area contributed by atoms with E-state index < -0.39 is 5.97 Å². The van der Waals surface area contributed by atoms with E-state index in [9.17, 15) is 4.79 Å². The van der Waals surface area contributed by atoms with Gasteiger partial charge in [-0.3, -0.25) is 0 Å². The minimum Gasteiger partial charge on any atom is -0.478 e. The standard InChI is InChI=1S/C13H8BrClO3/c14-8-5-6-9(13(16)17)12(7-8)18-11-4-2-1-3-10(11)15/h1-7H,(H,16,17). The third kappa shape index (κ3) is 2.83. The van der Waals surface area contributed by atoms with Crippen LogP contribution in [0.5, 0.6) is 11.5 Å². The average molecular weight is 328 g/mol. The van der Waals surface area contributed by atoms with Gasteiger partial charge in [0.15, 0.2) is 0 Å². The molecule has 0 aliphatic rings. The zero-order valence-corrected chi connectivity index (χ0v) is 11.4. The zero-order valence-electron chi connectivity index (χ0n) is 9.06. The second-order valence-electron chi connectivity index (χ2n) is 3.48. The van der Waals surface area contributed by atoms with Crippen LogP contribution in [0.25, 0.3) is 0 Å². The first-order chi connectivity index (χ1) is 8.58. The quantitative estimate of drug-likeness (QED) is 0.896. The van der Waals surface area contributed by atoms with Crippen molar-refractivity contribution in [1.29, 1.82) is 0 Å². The van der Waals surface area contributed by atoms with Crippen LogP contribution >= 0.6 is 27.5 Å². The highest BCUT2D eigenvalue weighted by molar-refractivity contribution is 9.10. The van der Waals surface area contributed by atoms with Crippen LogP contribution in [0.2, 0.25) is 5.02 Å². The molecule has 0 saturated heterocycles. The van der Waals surface area contributed by atoms with Crippen LogP contribution < -0.4 is 4.74 Å². The number of ether oxygens (including phenoxy) is 1. The fraction of sp³-hybridized carbons (Fsp3) is 0. The third-order valence-electron chi connectivity index (χ3n) is 2.23. The van der Waals surface area contributed by atoms with Crippen LogP contribution in [0.1, 0.15) is 10.4 Å². The number of halogens is 2. The number of para-hydroxylation sites is 1. The van der Waals surface area contributed by atoms with E-state index in [0.29, 0.717) is 10.8 Å². The Hall–Kier alpha value is -1.52. The Labute approximate surface area is 117 Å². The molecule has 2 rings (SSSR count). The molecular formula is C13H8BrClO3.